The Bertz CT molecular complexity index is 431. The van der Waals surface area contributed by atoms with E-state index in [2.05, 4.69) is 4.98 Å². The smallest absolute Gasteiger partial charge is 0.356 e. The molecule has 3 nitrogen and oxygen atoms in total. The van der Waals surface area contributed by atoms with Crippen molar-refractivity contribution in [2.45, 2.75) is 32.0 Å². The Morgan fingerprint density at radius 3 is 2.84 bits per heavy atom. The highest BCUT2D eigenvalue weighted by molar-refractivity contribution is 5.48. The molecule has 1 unspecified atom stereocenters. The summed E-state index contributed by atoms with van der Waals surface area (Å²) < 4.78 is 38.5. The minimum atomic E-state index is -4.14. The predicted octanol–water partition coefficient (Wildman–Crippen LogP) is 2.88. The molecule has 0 saturated carbocycles. The van der Waals surface area contributed by atoms with Gasteiger partial charge >= 0.3 is 6.18 Å². The highest BCUT2D eigenvalue weighted by Crippen LogP contribution is 2.35. The van der Waals surface area contributed by atoms with Crippen molar-refractivity contribution in [2.75, 3.05) is 18.0 Å². The molecule has 2 N–H and O–H groups in total. The molecule has 1 fully saturated rings. The Kier molecular flexibility index (Phi) is 3.99. The molecular formula is C13H18F3N3. The van der Waals surface area contributed by atoms with Gasteiger partial charge in [-0.15, -0.1) is 0 Å². The number of nitrogens with zero attached hydrogens (tertiary/aromatic N) is 2. The first-order valence-electron chi connectivity index (χ1n) is 6.41. The van der Waals surface area contributed by atoms with E-state index in [1.165, 1.54) is 0 Å². The molecule has 1 aliphatic rings. The van der Waals surface area contributed by atoms with Crippen LogP contribution in [0.3, 0.4) is 0 Å². The van der Waals surface area contributed by atoms with Gasteiger partial charge in [-0.3, -0.25) is 0 Å². The van der Waals surface area contributed by atoms with Gasteiger partial charge in [0.2, 0.25) is 0 Å². The summed E-state index contributed by atoms with van der Waals surface area (Å²) in [6, 6.07) is 3.34. The lowest BCUT2D eigenvalue weighted by Gasteiger charge is -2.35. The number of pyridine rings is 1. The van der Waals surface area contributed by atoms with E-state index in [4.69, 9.17) is 5.73 Å². The number of hydrogen-bond acceptors (Lipinski definition) is 3. The lowest BCUT2D eigenvalue weighted by molar-refractivity contribution is -0.176. The first-order valence-corrected chi connectivity index (χ1v) is 6.41. The van der Waals surface area contributed by atoms with Crippen LogP contribution in [0.4, 0.5) is 19.0 Å². The summed E-state index contributed by atoms with van der Waals surface area (Å²) in [5, 5.41) is 0. The maximum atomic E-state index is 12.8. The van der Waals surface area contributed by atoms with E-state index >= 15 is 0 Å². The minimum absolute atomic E-state index is 0.0275. The van der Waals surface area contributed by atoms with Crippen molar-refractivity contribution in [2.24, 2.45) is 11.7 Å². The van der Waals surface area contributed by atoms with Crippen molar-refractivity contribution >= 4 is 5.82 Å². The molecule has 2 atom stereocenters. The lowest BCUT2D eigenvalue weighted by Crippen LogP contribution is -2.42. The Labute approximate surface area is 110 Å². The van der Waals surface area contributed by atoms with E-state index in [9.17, 15) is 13.2 Å². The number of alkyl halides is 3. The van der Waals surface area contributed by atoms with E-state index in [0.717, 1.165) is 5.56 Å². The zero-order valence-corrected chi connectivity index (χ0v) is 10.8. The van der Waals surface area contributed by atoms with Crippen LogP contribution in [-0.4, -0.2) is 24.2 Å². The molecule has 0 spiro atoms. The first kappa shape index (κ1) is 14.1. The van der Waals surface area contributed by atoms with Crippen LogP contribution in [0.25, 0.3) is 0 Å². The minimum Gasteiger partial charge on any atom is -0.356 e. The number of piperidine rings is 1. The molecule has 106 valence electrons. The fourth-order valence-electron chi connectivity index (χ4n) is 2.47. The Morgan fingerprint density at radius 1 is 1.47 bits per heavy atom. The summed E-state index contributed by atoms with van der Waals surface area (Å²) in [6.45, 7) is 2.38. The Balaban J connectivity index is 2.22. The normalized spacial score (nSPS) is 22.4. The fourth-order valence-corrected chi connectivity index (χ4v) is 2.47. The van der Waals surface area contributed by atoms with Gasteiger partial charge in [0.1, 0.15) is 5.82 Å². The van der Waals surface area contributed by atoms with Crippen LogP contribution in [0, 0.1) is 5.92 Å². The van der Waals surface area contributed by atoms with E-state index in [0.29, 0.717) is 18.8 Å². The monoisotopic (exact) mass is 273 g/mol. The maximum Gasteiger partial charge on any atom is 0.393 e. The molecule has 0 amide bonds. The molecule has 1 aromatic rings. The number of hydrogen-bond donors (Lipinski definition) is 1. The summed E-state index contributed by atoms with van der Waals surface area (Å²) in [6.07, 6.45) is -1.82. The van der Waals surface area contributed by atoms with Crippen LogP contribution in [0.5, 0.6) is 0 Å². The number of nitrogens with two attached hydrogens (primary N) is 1. The van der Waals surface area contributed by atoms with E-state index in [1.807, 2.05) is 13.0 Å². The number of anilines is 1. The van der Waals surface area contributed by atoms with Crippen molar-refractivity contribution in [1.29, 1.82) is 0 Å². The van der Waals surface area contributed by atoms with Crippen molar-refractivity contribution in [1.82, 2.24) is 4.98 Å². The van der Waals surface area contributed by atoms with Crippen molar-refractivity contribution < 1.29 is 13.2 Å². The molecule has 1 aliphatic heterocycles. The molecule has 6 heteroatoms. The van der Waals surface area contributed by atoms with Crippen LogP contribution in [0.15, 0.2) is 18.3 Å². The van der Waals surface area contributed by atoms with Crippen molar-refractivity contribution in [3.05, 3.63) is 23.9 Å². The van der Waals surface area contributed by atoms with Crippen LogP contribution in [0.2, 0.25) is 0 Å². The van der Waals surface area contributed by atoms with Crippen LogP contribution in [0.1, 0.15) is 31.4 Å². The van der Waals surface area contributed by atoms with Crippen LogP contribution in [-0.2, 0) is 0 Å². The van der Waals surface area contributed by atoms with Crippen LogP contribution >= 0.6 is 0 Å². The average molecular weight is 273 g/mol. The zero-order chi connectivity index (χ0) is 14.0. The summed E-state index contributed by atoms with van der Waals surface area (Å²) in [5.74, 6) is -0.685. The predicted molar refractivity (Wildman–Crippen MR) is 67.8 cm³/mol. The fraction of sp³-hybridized carbons (Fsp3) is 0.615. The van der Waals surface area contributed by atoms with Gasteiger partial charge in [-0.05, 0) is 25.8 Å². The van der Waals surface area contributed by atoms with Crippen molar-refractivity contribution in [3.8, 4) is 0 Å². The second kappa shape index (κ2) is 5.36. The average Bonchev–Trinajstić information content (AvgIpc) is 2.38. The van der Waals surface area contributed by atoms with Crippen molar-refractivity contribution in [3.63, 3.8) is 0 Å². The molecule has 2 rings (SSSR count). The van der Waals surface area contributed by atoms with Gasteiger partial charge in [0, 0.05) is 30.9 Å². The Hall–Kier alpha value is -1.30. The molecule has 0 radical (unpaired) electrons. The second-order valence-corrected chi connectivity index (χ2v) is 5.03. The van der Waals surface area contributed by atoms with Crippen LogP contribution < -0.4 is 10.6 Å². The topological polar surface area (TPSA) is 42.1 Å². The first-order chi connectivity index (χ1) is 8.89. The van der Waals surface area contributed by atoms with Gasteiger partial charge in [0.15, 0.2) is 0 Å². The lowest BCUT2D eigenvalue weighted by atomic mass is 9.96. The molecular weight excluding hydrogens is 255 g/mol. The van der Waals surface area contributed by atoms with E-state index in [-0.39, 0.29) is 19.0 Å². The van der Waals surface area contributed by atoms with Gasteiger partial charge in [0.25, 0.3) is 0 Å². The number of rotatable bonds is 2. The van der Waals surface area contributed by atoms with Gasteiger partial charge in [-0.25, -0.2) is 4.98 Å². The summed E-state index contributed by atoms with van der Waals surface area (Å²) >= 11 is 0. The number of aromatic nitrogens is 1. The van der Waals surface area contributed by atoms with E-state index < -0.39 is 12.1 Å². The summed E-state index contributed by atoms with van der Waals surface area (Å²) in [4.78, 5) is 5.93. The maximum absolute atomic E-state index is 12.8. The summed E-state index contributed by atoms with van der Waals surface area (Å²) in [7, 11) is 0. The molecule has 2 heterocycles. The SMILES string of the molecule is C[C@@H](N)c1cccnc1N1CCCC(C(F)(F)F)C1. The third kappa shape index (κ3) is 3.18. The largest absolute Gasteiger partial charge is 0.393 e. The highest BCUT2D eigenvalue weighted by atomic mass is 19.4. The van der Waals surface area contributed by atoms with E-state index in [1.54, 1.807) is 17.2 Å². The van der Waals surface area contributed by atoms with Gasteiger partial charge in [-0.1, -0.05) is 6.07 Å². The molecule has 0 aliphatic carbocycles. The third-order valence-electron chi connectivity index (χ3n) is 3.49. The molecule has 1 aromatic heterocycles. The zero-order valence-electron chi connectivity index (χ0n) is 10.8. The standard InChI is InChI=1S/C13H18F3N3/c1-9(17)11-5-2-6-18-12(11)19-7-3-4-10(8-19)13(14,15)16/h2,5-6,9-10H,3-4,7-8,17H2,1H3/t9-,10?/m1/s1. The molecule has 1 saturated heterocycles. The van der Waals surface area contributed by atoms with Gasteiger partial charge in [-0.2, -0.15) is 13.2 Å². The molecule has 0 bridgehead atoms. The quantitative estimate of drug-likeness (QED) is 0.901. The Morgan fingerprint density at radius 2 is 2.21 bits per heavy atom. The third-order valence-corrected chi connectivity index (χ3v) is 3.49. The molecule has 19 heavy (non-hydrogen) atoms. The highest BCUT2D eigenvalue weighted by Gasteiger charge is 2.42. The summed E-state index contributed by atoms with van der Waals surface area (Å²) in [5.41, 5.74) is 6.65. The van der Waals surface area contributed by atoms with Gasteiger partial charge in [0.05, 0.1) is 5.92 Å². The molecule has 0 aromatic carbocycles. The number of halogens is 3. The second-order valence-electron chi connectivity index (χ2n) is 5.03. The van der Waals surface area contributed by atoms with Gasteiger partial charge < -0.3 is 10.6 Å².